The van der Waals surface area contributed by atoms with Crippen LogP contribution in [0, 0.1) is 0 Å². The number of hydrogen-bond donors (Lipinski definition) is 1. The lowest BCUT2D eigenvalue weighted by atomic mass is 10.1. The molecule has 1 N–H and O–H groups in total. The second-order valence-electron chi connectivity index (χ2n) is 4.19. The van der Waals surface area contributed by atoms with Crippen LogP contribution in [-0.4, -0.2) is 14.5 Å². The van der Waals surface area contributed by atoms with Crippen LogP contribution >= 0.6 is 15.9 Å². The third-order valence-corrected chi connectivity index (χ3v) is 3.29. The molecule has 0 saturated carbocycles. The van der Waals surface area contributed by atoms with Crippen molar-refractivity contribution < 1.29 is 5.11 Å². The van der Waals surface area contributed by atoms with Crippen molar-refractivity contribution in [2.24, 2.45) is 0 Å². The molecule has 0 saturated heterocycles. The minimum absolute atomic E-state index is 0.290. The maximum atomic E-state index is 9.24. The highest BCUT2D eigenvalue weighted by molar-refractivity contribution is 9.10. The minimum atomic E-state index is 0.290. The van der Waals surface area contributed by atoms with Crippen molar-refractivity contribution >= 4 is 21.6 Å². The number of aromatic hydroxyl groups is 1. The van der Waals surface area contributed by atoms with Gasteiger partial charge >= 0.3 is 0 Å². The molecule has 0 bridgehead atoms. The molecule has 0 atom stereocenters. The third kappa shape index (κ3) is 2.24. The number of nitrogens with zero attached hydrogens (tertiary/aromatic N) is 2. The summed E-state index contributed by atoms with van der Waals surface area (Å²) in [5.41, 5.74) is 3.08. The molecule has 0 spiro atoms. The number of rotatable bonds is 2. The number of halogens is 1. The molecule has 3 nitrogen and oxygen atoms in total. The van der Waals surface area contributed by atoms with E-state index in [1.807, 2.05) is 41.1 Å². The number of phenols is 1. The van der Waals surface area contributed by atoms with E-state index in [1.165, 1.54) is 0 Å². The van der Waals surface area contributed by atoms with Crippen LogP contribution in [0.3, 0.4) is 0 Å². The van der Waals surface area contributed by atoms with Crippen LogP contribution in [0.5, 0.6) is 5.75 Å². The SMILES string of the molecule is Oc1ccc(Cc2cn3ccc(Br)cc3n2)cc1. The maximum Gasteiger partial charge on any atom is 0.138 e. The molecule has 2 aromatic heterocycles. The molecule has 0 amide bonds. The maximum absolute atomic E-state index is 9.24. The summed E-state index contributed by atoms with van der Waals surface area (Å²) in [5, 5.41) is 9.24. The zero-order valence-electron chi connectivity index (χ0n) is 9.55. The summed E-state index contributed by atoms with van der Waals surface area (Å²) in [5.74, 6) is 0.290. The Bertz CT molecular complexity index is 689. The molecular formula is C14H11BrN2O. The number of aromatic nitrogens is 2. The van der Waals surface area contributed by atoms with Crippen molar-refractivity contribution in [2.75, 3.05) is 0 Å². The Kier molecular flexibility index (Phi) is 2.80. The van der Waals surface area contributed by atoms with Gasteiger partial charge in [0, 0.05) is 23.3 Å². The number of fused-ring (bicyclic) bond motifs is 1. The van der Waals surface area contributed by atoms with Gasteiger partial charge in [0.05, 0.1) is 5.69 Å². The van der Waals surface area contributed by atoms with E-state index in [9.17, 15) is 5.11 Å². The Hall–Kier alpha value is -1.81. The Morgan fingerprint density at radius 2 is 1.94 bits per heavy atom. The zero-order valence-corrected chi connectivity index (χ0v) is 11.1. The van der Waals surface area contributed by atoms with Crippen LogP contribution in [0.2, 0.25) is 0 Å². The molecule has 0 aliphatic heterocycles. The van der Waals surface area contributed by atoms with E-state index in [1.54, 1.807) is 12.1 Å². The Morgan fingerprint density at radius 3 is 2.72 bits per heavy atom. The summed E-state index contributed by atoms with van der Waals surface area (Å²) in [6, 6.07) is 11.2. The van der Waals surface area contributed by atoms with E-state index in [0.717, 1.165) is 27.8 Å². The number of benzene rings is 1. The van der Waals surface area contributed by atoms with Crippen molar-refractivity contribution in [3.8, 4) is 5.75 Å². The van der Waals surface area contributed by atoms with Crippen LogP contribution < -0.4 is 0 Å². The molecule has 0 aliphatic carbocycles. The van der Waals surface area contributed by atoms with Gasteiger partial charge in [0.1, 0.15) is 11.4 Å². The molecule has 0 aliphatic rings. The summed E-state index contributed by atoms with van der Waals surface area (Å²) in [4.78, 5) is 4.56. The predicted octanol–water partition coefficient (Wildman–Crippen LogP) is 3.39. The van der Waals surface area contributed by atoms with Gasteiger partial charge in [-0.15, -0.1) is 0 Å². The molecule has 1 aromatic carbocycles. The van der Waals surface area contributed by atoms with Gasteiger partial charge in [0.15, 0.2) is 0 Å². The Labute approximate surface area is 113 Å². The van der Waals surface area contributed by atoms with Gasteiger partial charge in [-0.2, -0.15) is 0 Å². The fraction of sp³-hybridized carbons (Fsp3) is 0.0714. The second kappa shape index (κ2) is 4.46. The van der Waals surface area contributed by atoms with Crippen molar-refractivity contribution in [1.29, 1.82) is 0 Å². The van der Waals surface area contributed by atoms with E-state index < -0.39 is 0 Å². The molecule has 0 unspecified atom stereocenters. The first kappa shape index (κ1) is 11.3. The fourth-order valence-electron chi connectivity index (χ4n) is 1.92. The first-order valence-electron chi connectivity index (χ1n) is 5.62. The molecule has 0 fully saturated rings. The zero-order chi connectivity index (χ0) is 12.5. The average Bonchev–Trinajstić information content (AvgIpc) is 2.73. The van der Waals surface area contributed by atoms with Crippen LogP contribution in [0.15, 0.2) is 53.3 Å². The van der Waals surface area contributed by atoms with Gasteiger partial charge in [-0.3, -0.25) is 0 Å². The molecule has 18 heavy (non-hydrogen) atoms. The molecule has 2 heterocycles. The molecular weight excluding hydrogens is 292 g/mol. The lowest BCUT2D eigenvalue weighted by molar-refractivity contribution is 0.475. The van der Waals surface area contributed by atoms with E-state index in [0.29, 0.717) is 0 Å². The number of hydrogen-bond acceptors (Lipinski definition) is 2. The number of imidazole rings is 1. The number of pyridine rings is 1. The monoisotopic (exact) mass is 302 g/mol. The summed E-state index contributed by atoms with van der Waals surface area (Å²) < 4.78 is 3.03. The van der Waals surface area contributed by atoms with Gasteiger partial charge < -0.3 is 9.51 Å². The standard InChI is InChI=1S/C14H11BrN2O/c15-11-5-6-17-9-12(16-14(17)8-11)7-10-1-3-13(18)4-2-10/h1-6,8-9,18H,7H2. The van der Waals surface area contributed by atoms with Crippen molar-refractivity contribution in [1.82, 2.24) is 9.38 Å². The summed E-state index contributed by atoms with van der Waals surface area (Å²) in [7, 11) is 0. The van der Waals surface area contributed by atoms with Gasteiger partial charge in [-0.25, -0.2) is 4.98 Å². The Morgan fingerprint density at radius 1 is 1.17 bits per heavy atom. The average molecular weight is 303 g/mol. The molecule has 0 radical (unpaired) electrons. The third-order valence-electron chi connectivity index (χ3n) is 2.79. The van der Waals surface area contributed by atoms with Crippen LogP contribution in [0.25, 0.3) is 5.65 Å². The van der Waals surface area contributed by atoms with Gasteiger partial charge in [0.25, 0.3) is 0 Å². The second-order valence-corrected chi connectivity index (χ2v) is 5.10. The van der Waals surface area contributed by atoms with Crippen molar-refractivity contribution in [3.05, 3.63) is 64.5 Å². The highest BCUT2D eigenvalue weighted by Gasteiger charge is 2.03. The predicted molar refractivity (Wildman–Crippen MR) is 73.8 cm³/mol. The Balaban J connectivity index is 1.92. The number of phenolic OH excluding ortho intramolecular Hbond substituents is 1. The molecule has 90 valence electrons. The topological polar surface area (TPSA) is 37.5 Å². The smallest absolute Gasteiger partial charge is 0.138 e. The lowest BCUT2D eigenvalue weighted by Crippen LogP contribution is -1.87. The lowest BCUT2D eigenvalue weighted by Gasteiger charge is -1.97. The molecule has 3 rings (SSSR count). The first-order chi connectivity index (χ1) is 8.70. The highest BCUT2D eigenvalue weighted by Crippen LogP contribution is 2.16. The summed E-state index contributed by atoms with van der Waals surface area (Å²) in [6.45, 7) is 0. The normalized spacial score (nSPS) is 10.9. The van der Waals surface area contributed by atoms with Crippen molar-refractivity contribution in [3.63, 3.8) is 0 Å². The van der Waals surface area contributed by atoms with E-state index in [4.69, 9.17) is 0 Å². The summed E-state index contributed by atoms with van der Waals surface area (Å²) >= 11 is 3.44. The first-order valence-corrected chi connectivity index (χ1v) is 6.41. The fourth-order valence-corrected chi connectivity index (χ4v) is 2.24. The van der Waals surface area contributed by atoms with Crippen molar-refractivity contribution in [2.45, 2.75) is 6.42 Å². The van der Waals surface area contributed by atoms with Gasteiger partial charge in [0.2, 0.25) is 0 Å². The molecule has 3 aromatic rings. The van der Waals surface area contributed by atoms with Crippen LogP contribution in [0.1, 0.15) is 11.3 Å². The van der Waals surface area contributed by atoms with E-state index in [2.05, 4.69) is 20.9 Å². The molecule has 4 heteroatoms. The largest absolute Gasteiger partial charge is 0.508 e. The summed E-state index contributed by atoms with van der Waals surface area (Å²) in [6.07, 6.45) is 4.76. The van der Waals surface area contributed by atoms with Gasteiger partial charge in [-0.1, -0.05) is 28.1 Å². The van der Waals surface area contributed by atoms with E-state index in [-0.39, 0.29) is 5.75 Å². The quantitative estimate of drug-likeness (QED) is 0.788. The van der Waals surface area contributed by atoms with E-state index >= 15 is 0 Å². The highest BCUT2D eigenvalue weighted by atomic mass is 79.9. The van der Waals surface area contributed by atoms with Crippen LogP contribution in [-0.2, 0) is 6.42 Å². The van der Waals surface area contributed by atoms with Crippen LogP contribution in [0.4, 0.5) is 0 Å². The minimum Gasteiger partial charge on any atom is -0.508 e. The van der Waals surface area contributed by atoms with Gasteiger partial charge in [-0.05, 0) is 29.8 Å².